The number of piperidine rings is 1. The van der Waals surface area contributed by atoms with E-state index in [-0.39, 0.29) is 11.8 Å². The fraction of sp³-hybridized carbons (Fsp3) is 0.455. The van der Waals surface area contributed by atoms with Crippen LogP contribution in [-0.4, -0.2) is 23.9 Å². The summed E-state index contributed by atoms with van der Waals surface area (Å²) < 4.78 is 0. The molecule has 0 bridgehead atoms. The van der Waals surface area contributed by atoms with Crippen molar-refractivity contribution in [3.05, 3.63) is 22.4 Å². The molecule has 1 aromatic rings. The molecule has 0 atom stereocenters. The number of thiophene rings is 1. The summed E-state index contributed by atoms with van der Waals surface area (Å²) >= 11 is 1.54. The van der Waals surface area contributed by atoms with Crippen molar-refractivity contribution in [1.82, 2.24) is 4.90 Å². The van der Waals surface area contributed by atoms with Crippen LogP contribution in [0.4, 0.5) is 0 Å². The second-order valence-electron chi connectivity index (χ2n) is 3.71. The molecule has 2 rings (SSSR count). The van der Waals surface area contributed by atoms with Crippen molar-refractivity contribution >= 4 is 17.2 Å². The minimum absolute atomic E-state index is 0.104. The van der Waals surface area contributed by atoms with Gasteiger partial charge in [-0.05, 0) is 24.3 Å². The van der Waals surface area contributed by atoms with Gasteiger partial charge < -0.3 is 4.90 Å². The highest BCUT2D eigenvalue weighted by Gasteiger charge is 2.23. The van der Waals surface area contributed by atoms with Crippen molar-refractivity contribution in [1.29, 1.82) is 5.26 Å². The highest BCUT2D eigenvalue weighted by atomic mass is 32.1. The summed E-state index contributed by atoms with van der Waals surface area (Å²) in [5.74, 6) is 0.240. The zero-order valence-electron chi connectivity index (χ0n) is 8.35. The van der Waals surface area contributed by atoms with E-state index in [0.717, 1.165) is 18.4 Å². The van der Waals surface area contributed by atoms with E-state index in [1.807, 2.05) is 21.7 Å². The van der Waals surface area contributed by atoms with Gasteiger partial charge in [-0.2, -0.15) is 16.6 Å². The summed E-state index contributed by atoms with van der Waals surface area (Å²) in [5, 5.41) is 12.5. The molecule has 1 fully saturated rings. The molecule has 78 valence electrons. The van der Waals surface area contributed by atoms with E-state index < -0.39 is 0 Å². The van der Waals surface area contributed by atoms with Crippen LogP contribution in [-0.2, 0) is 0 Å². The van der Waals surface area contributed by atoms with Gasteiger partial charge in [0.25, 0.3) is 5.91 Å². The van der Waals surface area contributed by atoms with Gasteiger partial charge in [0.2, 0.25) is 0 Å². The van der Waals surface area contributed by atoms with E-state index in [1.165, 1.54) is 11.3 Å². The Morgan fingerprint density at radius 3 is 2.80 bits per heavy atom. The highest BCUT2D eigenvalue weighted by molar-refractivity contribution is 7.08. The molecular weight excluding hydrogens is 208 g/mol. The van der Waals surface area contributed by atoms with Crippen molar-refractivity contribution in [2.45, 2.75) is 12.8 Å². The van der Waals surface area contributed by atoms with E-state index in [0.29, 0.717) is 13.1 Å². The normalized spacial score (nSPS) is 17.4. The molecule has 0 aliphatic carbocycles. The average molecular weight is 220 g/mol. The zero-order chi connectivity index (χ0) is 10.7. The summed E-state index contributed by atoms with van der Waals surface area (Å²) in [6.45, 7) is 1.43. The molecule has 0 spiro atoms. The van der Waals surface area contributed by atoms with Gasteiger partial charge in [-0.15, -0.1) is 0 Å². The van der Waals surface area contributed by atoms with E-state index >= 15 is 0 Å². The lowest BCUT2D eigenvalue weighted by molar-refractivity contribution is 0.0708. The first-order valence-corrected chi connectivity index (χ1v) is 5.96. The van der Waals surface area contributed by atoms with Crippen LogP contribution in [0.2, 0.25) is 0 Å². The molecule has 1 aromatic heterocycles. The number of hydrogen-bond donors (Lipinski definition) is 0. The van der Waals surface area contributed by atoms with Gasteiger partial charge in [0, 0.05) is 24.4 Å². The third-order valence-corrected chi connectivity index (χ3v) is 3.42. The summed E-state index contributed by atoms with van der Waals surface area (Å²) in [7, 11) is 0. The number of likely N-dealkylation sites (tertiary alicyclic amines) is 1. The third kappa shape index (κ3) is 2.18. The molecule has 1 aliphatic heterocycles. The summed E-state index contributed by atoms with van der Waals surface area (Å²) in [5.41, 5.74) is 0.774. The predicted molar refractivity (Wildman–Crippen MR) is 58.6 cm³/mol. The summed E-state index contributed by atoms with van der Waals surface area (Å²) in [6, 6.07) is 4.11. The molecule has 2 heterocycles. The van der Waals surface area contributed by atoms with Gasteiger partial charge >= 0.3 is 0 Å². The van der Waals surface area contributed by atoms with E-state index in [2.05, 4.69) is 6.07 Å². The number of nitrogens with zero attached hydrogens (tertiary/aromatic N) is 2. The van der Waals surface area contributed by atoms with Gasteiger partial charge in [0.15, 0.2) is 0 Å². The Morgan fingerprint density at radius 1 is 1.53 bits per heavy atom. The minimum atomic E-state index is 0.104. The fourth-order valence-electron chi connectivity index (χ4n) is 1.78. The van der Waals surface area contributed by atoms with Gasteiger partial charge in [-0.1, -0.05) is 0 Å². The van der Waals surface area contributed by atoms with Gasteiger partial charge in [0.1, 0.15) is 0 Å². The molecule has 1 aliphatic rings. The molecule has 4 heteroatoms. The Bertz CT molecular complexity index is 372. The molecular formula is C11H12N2OS. The molecule has 15 heavy (non-hydrogen) atoms. The number of rotatable bonds is 1. The number of amides is 1. The lowest BCUT2D eigenvalue weighted by Crippen LogP contribution is -2.38. The van der Waals surface area contributed by atoms with Crippen LogP contribution in [0.3, 0.4) is 0 Å². The number of carbonyl (C=O) groups excluding carboxylic acids is 1. The van der Waals surface area contributed by atoms with Gasteiger partial charge in [0.05, 0.1) is 11.6 Å². The Kier molecular flexibility index (Phi) is 3.02. The minimum Gasteiger partial charge on any atom is -0.339 e. The van der Waals surface area contributed by atoms with Crippen molar-refractivity contribution in [2.75, 3.05) is 13.1 Å². The molecule has 1 saturated heterocycles. The van der Waals surface area contributed by atoms with Crippen LogP contribution in [0.5, 0.6) is 0 Å². The summed E-state index contributed by atoms with van der Waals surface area (Å²) in [4.78, 5) is 13.7. The maximum Gasteiger partial charge on any atom is 0.254 e. The van der Waals surface area contributed by atoms with Gasteiger partial charge in [-0.3, -0.25) is 4.79 Å². The van der Waals surface area contributed by atoms with E-state index in [9.17, 15) is 4.79 Å². The summed E-state index contributed by atoms with van der Waals surface area (Å²) in [6.07, 6.45) is 1.62. The zero-order valence-corrected chi connectivity index (χ0v) is 9.17. The number of nitriles is 1. The monoisotopic (exact) mass is 220 g/mol. The van der Waals surface area contributed by atoms with Crippen LogP contribution in [0.15, 0.2) is 16.8 Å². The number of carbonyl (C=O) groups is 1. The second-order valence-corrected chi connectivity index (χ2v) is 4.49. The first kappa shape index (κ1) is 10.2. The Balaban J connectivity index is 1.97. The van der Waals surface area contributed by atoms with Crippen molar-refractivity contribution in [2.24, 2.45) is 5.92 Å². The quantitative estimate of drug-likeness (QED) is 0.727. The molecule has 0 radical (unpaired) electrons. The molecule has 0 unspecified atom stereocenters. The highest BCUT2D eigenvalue weighted by Crippen LogP contribution is 2.18. The van der Waals surface area contributed by atoms with E-state index in [1.54, 1.807) is 0 Å². The first-order valence-electron chi connectivity index (χ1n) is 5.02. The first-order chi connectivity index (χ1) is 7.31. The maximum atomic E-state index is 11.9. The second kappa shape index (κ2) is 4.45. The SMILES string of the molecule is N#CC1CCN(C(=O)c2ccsc2)CC1. The van der Waals surface area contributed by atoms with Crippen LogP contribution >= 0.6 is 11.3 Å². The van der Waals surface area contributed by atoms with Crippen molar-refractivity contribution in [3.63, 3.8) is 0 Å². The Labute approximate surface area is 92.9 Å². The lowest BCUT2D eigenvalue weighted by atomic mass is 9.98. The maximum absolute atomic E-state index is 11.9. The molecule has 0 N–H and O–H groups in total. The Morgan fingerprint density at radius 2 is 2.27 bits per heavy atom. The van der Waals surface area contributed by atoms with Crippen LogP contribution in [0.25, 0.3) is 0 Å². The van der Waals surface area contributed by atoms with Crippen LogP contribution < -0.4 is 0 Å². The Hall–Kier alpha value is -1.34. The number of hydrogen-bond acceptors (Lipinski definition) is 3. The lowest BCUT2D eigenvalue weighted by Gasteiger charge is -2.28. The van der Waals surface area contributed by atoms with Crippen molar-refractivity contribution < 1.29 is 4.79 Å². The average Bonchev–Trinajstić information content (AvgIpc) is 2.82. The molecule has 1 amide bonds. The van der Waals surface area contributed by atoms with Crippen LogP contribution in [0, 0.1) is 17.2 Å². The molecule has 3 nitrogen and oxygen atoms in total. The smallest absolute Gasteiger partial charge is 0.254 e. The van der Waals surface area contributed by atoms with E-state index in [4.69, 9.17) is 5.26 Å². The fourth-order valence-corrected chi connectivity index (χ4v) is 2.41. The van der Waals surface area contributed by atoms with Crippen molar-refractivity contribution in [3.8, 4) is 6.07 Å². The van der Waals surface area contributed by atoms with Gasteiger partial charge in [-0.25, -0.2) is 0 Å². The van der Waals surface area contributed by atoms with Crippen LogP contribution in [0.1, 0.15) is 23.2 Å². The largest absolute Gasteiger partial charge is 0.339 e. The molecule has 0 saturated carbocycles. The third-order valence-electron chi connectivity index (χ3n) is 2.73. The molecule has 0 aromatic carbocycles. The standard InChI is InChI=1S/C11H12N2OS/c12-7-9-1-4-13(5-2-9)11(14)10-3-6-15-8-10/h3,6,8-9H,1-2,4-5H2. The predicted octanol–water partition coefficient (Wildman–Crippen LogP) is 2.12. The topological polar surface area (TPSA) is 44.1 Å².